The second-order valence-corrected chi connectivity index (χ2v) is 2.77. The first kappa shape index (κ1) is 8.44. The molecule has 0 aromatic heterocycles. The van der Waals surface area contributed by atoms with Gasteiger partial charge < -0.3 is 5.11 Å². The lowest BCUT2D eigenvalue weighted by Crippen LogP contribution is -1.96. The van der Waals surface area contributed by atoms with Crippen molar-refractivity contribution in [3.05, 3.63) is 0 Å². The molecule has 1 nitrogen and oxygen atoms in total. The highest BCUT2D eigenvalue weighted by Gasteiger charge is 1.96. The summed E-state index contributed by atoms with van der Waals surface area (Å²) in [5.41, 5.74) is 0. The van der Waals surface area contributed by atoms with E-state index in [2.05, 4.69) is 22.9 Å². The van der Waals surface area contributed by atoms with Crippen molar-refractivity contribution in [1.82, 2.24) is 0 Å². The first-order valence-corrected chi connectivity index (χ1v) is 4.10. The van der Waals surface area contributed by atoms with Crippen molar-refractivity contribution in [2.45, 2.75) is 19.8 Å². The second kappa shape index (κ2) is 5.57. The summed E-state index contributed by atoms with van der Waals surface area (Å²) in [6.45, 7) is 2.50. The third-order valence-corrected chi connectivity index (χ3v) is 2.22. The van der Waals surface area contributed by atoms with E-state index in [0.717, 1.165) is 18.2 Å². The van der Waals surface area contributed by atoms with Gasteiger partial charge in [-0.3, -0.25) is 0 Å². The number of hydrogen-bond donors (Lipinski definition) is 1. The van der Waals surface area contributed by atoms with Gasteiger partial charge in [-0.25, -0.2) is 0 Å². The van der Waals surface area contributed by atoms with Crippen molar-refractivity contribution < 1.29 is 5.11 Å². The highest BCUT2D eigenvalue weighted by atomic mass is 79.9. The van der Waals surface area contributed by atoms with Gasteiger partial charge in [0.1, 0.15) is 0 Å². The van der Waals surface area contributed by atoms with Crippen LogP contribution in [0.1, 0.15) is 19.8 Å². The molecule has 0 fully saturated rings. The van der Waals surface area contributed by atoms with E-state index in [9.17, 15) is 0 Å². The van der Waals surface area contributed by atoms with Crippen molar-refractivity contribution in [3.63, 3.8) is 0 Å². The van der Waals surface area contributed by atoms with E-state index in [-0.39, 0.29) is 0 Å². The zero-order chi connectivity index (χ0) is 6.41. The van der Waals surface area contributed by atoms with E-state index in [4.69, 9.17) is 5.11 Å². The number of hydrogen-bond acceptors (Lipinski definition) is 1. The molecule has 0 saturated carbocycles. The second-order valence-electron chi connectivity index (χ2n) is 2.13. The smallest absolute Gasteiger partial charge is 0.0431 e. The molecule has 0 bridgehead atoms. The van der Waals surface area contributed by atoms with Crippen LogP contribution in [0.5, 0.6) is 0 Å². The third kappa shape index (κ3) is 4.60. The Kier molecular flexibility index (Phi) is 5.88. The van der Waals surface area contributed by atoms with Crippen LogP contribution in [0.15, 0.2) is 0 Å². The van der Waals surface area contributed by atoms with Crippen LogP contribution in [0.2, 0.25) is 0 Å². The molecule has 0 amide bonds. The van der Waals surface area contributed by atoms with Crippen LogP contribution in [0.3, 0.4) is 0 Å². The number of halogens is 1. The number of aliphatic hydroxyl groups excluding tert-OH is 1. The zero-order valence-electron chi connectivity index (χ0n) is 5.23. The molecule has 0 aliphatic rings. The molecule has 0 saturated heterocycles. The van der Waals surface area contributed by atoms with Gasteiger partial charge in [0.15, 0.2) is 0 Å². The van der Waals surface area contributed by atoms with Crippen molar-refractivity contribution >= 4 is 15.9 Å². The van der Waals surface area contributed by atoms with Gasteiger partial charge in [0.05, 0.1) is 0 Å². The fourth-order valence-corrected chi connectivity index (χ4v) is 0.841. The summed E-state index contributed by atoms with van der Waals surface area (Å²) in [7, 11) is 0. The fraction of sp³-hybridized carbons (Fsp3) is 1.00. The van der Waals surface area contributed by atoms with Crippen molar-refractivity contribution in [2.24, 2.45) is 5.92 Å². The summed E-state index contributed by atoms with van der Waals surface area (Å²) in [6, 6.07) is 0. The standard InChI is InChI=1S/C6H13BrO/c1-6(5-7)3-2-4-8/h6,8H,2-5H2,1H3. The van der Waals surface area contributed by atoms with Crippen LogP contribution in [0.4, 0.5) is 0 Å². The SMILES string of the molecule is CC(CBr)CCCO. The lowest BCUT2D eigenvalue weighted by Gasteiger charge is -2.03. The Hall–Kier alpha value is 0.440. The molecule has 0 heterocycles. The topological polar surface area (TPSA) is 20.2 Å². The van der Waals surface area contributed by atoms with Gasteiger partial charge in [0.25, 0.3) is 0 Å². The number of alkyl halides is 1. The Labute approximate surface area is 59.2 Å². The highest BCUT2D eigenvalue weighted by molar-refractivity contribution is 9.09. The van der Waals surface area contributed by atoms with Crippen molar-refractivity contribution in [2.75, 3.05) is 11.9 Å². The minimum atomic E-state index is 0.331. The van der Waals surface area contributed by atoms with E-state index in [1.54, 1.807) is 0 Å². The van der Waals surface area contributed by atoms with E-state index >= 15 is 0 Å². The first-order chi connectivity index (χ1) is 3.81. The van der Waals surface area contributed by atoms with Crippen LogP contribution >= 0.6 is 15.9 Å². The van der Waals surface area contributed by atoms with E-state index < -0.39 is 0 Å². The molecule has 2 heteroatoms. The van der Waals surface area contributed by atoms with Gasteiger partial charge in [0, 0.05) is 11.9 Å². The maximum atomic E-state index is 8.40. The monoisotopic (exact) mass is 180 g/mol. The Morgan fingerprint density at radius 2 is 2.25 bits per heavy atom. The molecule has 0 spiro atoms. The molecular formula is C6H13BrO. The molecule has 1 N–H and O–H groups in total. The Morgan fingerprint density at radius 3 is 2.62 bits per heavy atom. The molecule has 1 unspecified atom stereocenters. The van der Waals surface area contributed by atoms with Crippen LogP contribution < -0.4 is 0 Å². The zero-order valence-corrected chi connectivity index (χ0v) is 6.82. The summed E-state index contributed by atoms with van der Waals surface area (Å²) in [5, 5.41) is 9.44. The molecular weight excluding hydrogens is 168 g/mol. The predicted octanol–water partition coefficient (Wildman–Crippen LogP) is 1.79. The fourth-order valence-electron chi connectivity index (χ4n) is 0.517. The quantitative estimate of drug-likeness (QED) is 0.655. The van der Waals surface area contributed by atoms with Gasteiger partial charge in [-0.1, -0.05) is 22.9 Å². The van der Waals surface area contributed by atoms with Gasteiger partial charge in [-0.2, -0.15) is 0 Å². The Balaban J connectivity index is 2.86. The molecule has 0 aliphatic carbocycles. The third-order valence-electron chi connectivity index (χ3n) is 1.12. The largest absolute Gasteiger partial charge is 0.396 e. The summed E-state index contributed by atoms with van der Waals surface area (Å²) in [4.78, 5) is 0. The molecule has 8 heavy (non-hydrogen) atoms. The summed E-state index contributed by atoms with van der Waals surface area (Å²) < 4.78 is 0. The number of rotatable bonds is 4. The Bertz CT molecular complexity index is 47.8. The predicted molar refractivity (Wildman–Crippen MR) is 39.3 cm³/mol. The molecule has 0 aliphatic heterocycles. The molecule has 1 atom stereocenters. The summed E-state index contributed by atoms with van der Waals surface area (Å²) >= 11 is 3.36. The van der Waals surface area contributed by atoms with Crippen molar-refractivity contribution in [3.8, 4) is 0 Å². The van der Waals surface area contributed by atoms with Gasteiger partial charge in [-0.05, 0) is 18.8 Å². The molecule has 50 valence electrons. The van der Waals surface area contributed by atoms with Gasteiger partial charge in [-0.15, -0.1) is 0 Å². The molecule has 0 aromatic rings. The molecule has 0 radical (unpaired) electrons. The average Bonchev–Trinajstić information content (AvgIpc) is 1.83. The average molecular weight is 181 g/mol. The Morgan fingerprint density at radius 1 is 1.62 bits per heavy atom. The van der Waals surface area contributed by atoms with Gasteiger partial charge >= 0.3 is 0 Å². The summed E-state index contributed by atoms with van der Waals surface area (Å²) in [5.74, 6) is 0.710. The minimum absolute atomic E-state index is 0.331. The van der Waals surface area contributed by atoms with E-state index in [0.29, 0.717) is 12.5 Å². The maximum Gasteiger partial charge on any atom is 0.0431 e. The first-order valence-electron chi connectivity index (χ1n) is 2.98. The minimum Gasteiger partial charge on any atom is -0.396 e. The highest BCUT2D eigenvalue weighted by Crippen LogP contribution is 2.06. The normalized spacial score (nSPS) is 13.9. The lowest BCUT2D eigenvalue weighted by molar-refractivity contribution is 0.277. The molecule has 0 rings (SSSR count). The number of aliphatic hydroxyl groups is 1. The summed E-state index contributed by atoms with van der Waals surface area (Å²) in [6.07, 6.45) is 2.06. The van der Waals surface area contributed by atoms with Crippen LogP contribution in [-0.4, -0.2) is 17.0 Å². The van der Waals surface area contributed by atoms with Gasteiger partial charge in [0.2, 0.25) is 0 Å². The lowest BCUT2D eigenvalue weighted by atomic mass is 10.1. The van der Waals surface area contributed by atoms with E-state index in [1.807, 2.05) is 0 Å². The maximum absolute atomic E-state index is 8.40. The van der Waals surface area contributed by atoms with Crippen LogP contribution in [0.25, 0.3) is 0 Å². The molecule has 0 aromatic carbocycles. The van der Waals surface area contributed by atoms with E-state index in [1.165, 1.54) is 0 Å². The van der Waals surface area contributed by atoms with Crippen LogP contribution in [0, 0.1) is 5.92 Å². The van der Waals surface area contributed by atoms with Crippen LogP contribution in [-0.2, 0) is 0 Å². The van der Waals surface area contributed by atoms with Crippen molar-refractivity contribution in [1.29, 1.82) is 0 Å².